The molecule has 23 heavy (non-hydrogen) atoms. The van der Waals surface area contributed by atoms with Crippen molar-refractivity contribution >= 4 is 28.3 Å². The van der Waals surface area contributed by atoms with Crippen molar-refractivity contribution in [3.05, 3.63) is 72.3 Å². The average Bonchev–Trinajstić information content (AvgIpc) is 2.55. The molecule has 0 bridgehead atoms. The molecule has 0 spiro atoms. The van der Waals surface area contributed by atoms with E-state index in [1.165, 1.54) is 6.92 Å². The first-order valence-corrected chi connectivity index (χ1v) is 7.22. The van der Waals surface area contributed by atoms with Crippen LogP contribution in [0.1, 0.15) is 17.3 Å². The minimum absolute atomic E-state index is 0.223. The van der Waals surface area contributed by atoms with Gasteiger partial charge < -0.3 is 10.1 Å². The van der Waals surface area contributed by atoms with E-state index in [1.54, 1.807) is 30.3 Å². The molecule has 0 heterocycles. The molecular formula is C19H15NO3. The number of amides is 1. The monoisotopic (exact) mass is 305 g/mol. The van der Waals surface area contributed by atoms with Crippen LogP contribution in [0.4, 0.5) is 5.69 Å². The summed E-state index contributed by atoms with van der Waals surface area (Å²) in [5, 5.41) is 4.45. The number of benzene rings is 3. The number of ether oxygens (including phenoxy) is 1. The first-order valence-electron chi connectivity index (χ1n) is 7.22. The highest BCUT2D eigenvalue weighted by Crippen LogP contribution is 2.26. The number of rotatable bonds is 3. The molecule has 3 rings (SSSR count). The zero-order chi connectivity index (χ0) is 16.2. The normalized spacial score (nSPS) is 10.3. The predicted octanol–water partition coefficient (Wildman–Crippen LogP) is 4.02. The molecule has 0 unspecified atom stereocenters. The van der Waals surface area contributed by atoms with E-state index in [2.05, 4.69) is 5.32 Å². The standard InChI is InChI=1S/C19H15NO3/c1-13(21)20-17-11-4-5-12-18(17)23-19(22)16-10-6-8-14-7-2-3-9-15(14)16/h2-12H,1H3,(H,20,21). The lowest BCUT2D eigenvalue weighted by Gasteiger charge is -2.11. The number of carbonyl (C=O) groups excluding carboxylic acids is 2. The minimum Gasteiger partial charge on any atom is -0.421 e. The molecule has 1 amide bonds. The predicted molar refractivity (Wildman–Crippen MR) is 89.7 cm³/mol. The molecule has 3 aromatic carbocycles. The third kappa shape index (κ3) is 3.21. The summed E-state index contributed by atoms with van der Waals surface area (Å²) in [5.74, 6) is -0.362. The van der Waals surface area contributed by atoms with Crippen molar-refractivity contribution in [3.8, 4) is 5.75 Å². The number of esters is 1. The summed E-state index contributed by atoms with van der Waals surface area (Å²) in [4.78, 5) is 23.8. The van der Waals surface area contributed by atoms with Crippen molar-refractivity contribution < 1.29 is 14.3 Å². The van der Waals surface area contributed by atoms with Crippen LogP contribution in [0.5, 0.6) is 5.75 Å². The summed E-state index contributed by atoms with van der Waals surface area (Å²) in [6.45, 7) is 1.41. The molecule has 0 saturated heterocycles. The lowest BCUT2D eigenvalue weighted by atomic mass is 10.0. The van der Waals surface area contributed by atoms with Crippen LogP contribution in [0.25, 0.3) is 10.8 Å². The maximum atomic E-state index is 12.5. The highest BCUT2D eigenvalue weighted by molar-refractivity contribution is 6.05. The smallest absolute Gasteiger partial charge is 0.344 e. The highest BCUT2D eigenvalue weighted by atomic mass is 16.5. The van der Waals surface area contributed by atoms with Gasteiger partial charge in [-0.05, 0) is 29.0 Å². The fourth-order valence-corrected chi connectivity index (χ4v) is 2.41. The molecule has 4 heteroatoms. The number of anilines is 1. The fraction of sp³-hybridized carbons (Fsp3) is 0.0526. The maximum absolute atomic E-state index is 12.5. The van der Waals surface area contributed by atoms with Gasteiger partial charge in [-0.2, -0.15) is 0 Å². The first kappa shape index (κ1) is 14.8. The van der Waals surface area contributed by atoms with Gasteiger partial charge in [0.1, 0.15) is 0 Å². The van der Waals surface area contributed by atoms with Crippen molar-refractivity contribution in [2.75, 3.05) is 5.32 Å². The van der Waals surface area contributed by atoms with E-state index in [4.69, 9.17) is 4.74 Å². The molecule has 0 fully saturated rings. The summed E-state index contributed by atoms with van der Waals surface area (Å²) in [6, 6.07) is 20.0. The van der Waals surface area contributed by atoms with Crippen LogP contribution >= 0.6 is 0 Å². The molecule has 0 aliphatic rings. The lowest BCUT2D eigenvalue weighted by Crippen LogP contribution is -2.12. The van der Waals surface area contributed by atoms with Gasteiger partial charge in [0.05, 0.1) is 11.3 Å². The summed E-state index contributed by atoms with van der Waals surface area (Å²) >= 11 is 0. The quantitative estimate of drug-likeness (QED) is 0.587. The molecule has 4 nitrogen and oxygen atoms in total. The Labute approximate surface area is 133 Å². The maximum Gasteiger partial charge on any atom is 0.344 e. The van der Waals surface area contributed by atoms with E-state index in [-0.39, 0.29) is 5.91 Å². The van der Waals surface area contributed by atoms with Crippen molar-refractivity contribution in [1.29, 1.82) is 0 Å². The van der Waals surface area contributed by atoms with Gasteiger partial charge in [0.25, 0.3) is 0 Å². The summed E-state index contributed by atoms with van der Waals surface area (Å²) in [7, 11) is 0. The van der Waals surface area contributed by atoms with Gasteiger partial charge in [0, 0.05) is 6.92 Å². The average molecular weight is 305 g/mol. The Morgan fingerprint density at radius 3 is 2.39 bits per heavy atom. The number of carbonyl (C=O) groups is 2. The van der Waals surface area contributed by atoms with Crippen LogP contribution in [0.2, 0.25) is 0 Å². The number of para-hydroxylation sites is 2. The van der Waals surface area contributed by atoms with Crippen LogP contribution in [-0.4, -0.2) is 11.9 Å². The Morgan fingerprint density at radius 2 is 1.57 bits per heavy atom. The molecule has 114 valence electrons. The summed E-state index contributed by atoms with van der Waals surface area (Å²) < 4.78 is 5.49. The highest BCUT2D eigenvalue weighted by Gasteiger charge is 2.14. The zero-order valence-electron chi connectivity index (χ0n) is 12.6. The molecule has 3 aromatic rings. The molecule has 0 aliphatic heterocycles. The van der Waals surface area contributed by atoms with E-state index < -0.39 is 5.97 Å². The van der Waals surface area contributed by atoms with Crippen molar-refractivity contribution in [3.63, 3.8) is 0 Å². The van der Waals surface area contributed by atoms with Crippen molar-refractivity contribution in [1.82, 2.24) is 0 Å². The third-order valence-electron chi connectivity index (χ3n) is 3.41. The van der Waals surface area contributed by atoms with E-state index in [0.717, 1.165) is 10.8 Å². The van der Waals surface area contributed by atoms with Gasteiger partial charge in [-0.25, -0.2) is 4.79 Å². The van der Waals surface area contributed by atoms with Crippen LogP contribution in [0.15, 0.2) is 66.7 Å². The van der Waals surface area contributed by atoms with Gasteiger partial charge >= 0.3 is 5.97 Å². The molecular weight excluding hydrogens is 290 g/mol. The second-order valence-electron chi connectivity index (χ2n) is 5.09. The molecule has 0 atom stereocenters. The number of hydrogen-bond donors (Lipinski definition) is 1. The third-order valence-corrected chi connectivity index (χ3v) is 3.41. The van der Waals surface area contributed by atoms with Crippen LogP contribution in [0.3, 0.4) is 0 Å². The number of hydrogen-bond acceptors (Lipinski definition) is 3. The lowest BCUT2D eigenvalue weighted by molar-refractivity contribution is -0.114. The Morgan fingerprint density at radius 1 is 0.870 bits per heavy atom. The van der Waals surface area contributed by atoms with Crippen LogP contribution in [-0.2, 0) is 4.79 Å². The topological polar surface area (TPSA) is 55.4 Å². The van der Waals surface area contributed by atoms with Gasteiger partial charge in [0.2, 0.25) is 5.91 Å². The Kier molecular flexibility index (Phi) is 4.06. The van der Waals surface area contributed by atoms with E-state index >= 15 is 0 Å². The second kappa shape index (κ2) is 6.32. The number of nitrogens with one attached hydrogen (secondary N) is 1. The van der Waals surface area contributed by atoms with Crippen molar-refractivity contribution in [2.45, 2.75) is 6.92 Å². The largest absolute Gasteiger partial charge is 0.421 e. The van der Waals surface area contributed by atoms with Gasteiger partial charge in [-0.1, -0.05) is 48.5 Å². The van der Waals surface area contributed by atoms with Gasteiger partial charge in [0.15, 0.2) is 5.75 Å². The van der Waals surface area contributed by atoms with Gasteiger partial charge in [-0.15, -0.1) is 0 Å². The molecule has 0 radical (unpaired) electrons. The van der Waals surface area contributed by atoms with Gasteiger partial charge in [-0.3, -0.25) is 4.79 Å². The molecule has 1 N–H and O–H groups in total. The Hall–Kier alpha value is -3.14. The van der Waals surface area contributed by atoms with E-state index in [9.17, 15) is 9.59 Å². The zero-order valence-corrected chi connectivity index (χ0v) is 12.6. The van der Waals surface area contributed by atoms with Crippen LogP contribution in [0, 0.1) is 0 Å². The Bertz CT molecular complexity index is 881. The summed E-state index contributed by atoms with van der Waals surface area (Å²) in [6.07, 6.45) is 0. The first-order chi connectivity index (χ1) is 11.1. The number of fused-ring (bicyclic) bond motifs is 1. The molecule has 0 saturated carbocycles. The molecule has 0 aliphatic carbocycles. The summed E-state index contributed by atoms with van der Waals surface area (Å²) in [5.41, 5.74) is 0.953. The van der Waals surface area contributed by atoms with E-state index in [0.29, 0.717) is 17.0 Å². The second-order valence-corrected chi connectivity index (χ2v) is 5.09. The molecule has 0 aromatic heterocycles. The fourth-order valence-electron chi connectivity index (χ4n) is 2.41. The van der Waals surface area contributed by atoms with Crippen LogP contribution < -0.4 is 10.1 Å². The van der Waals surface area contributed by atoms with Crippen molar-refractivity contribution in [2.24, 2.45) is 0 Å². The Balaban J connectivity index is 1.94. The minimum atomic E-state index is -0.459. The SMILES string of the molecule is CC(=O)Nc1ccccc1OC(=O)c1cccc2ccccc12. The van der Waals surface area contributed by atoms with E-state index in [1.807, 2.05) is 36.4 Å².